The molecule has 0 spiro atoms. The summed E-state index contributed by atoms with van der Waals surface area (Å²) in [5, 5.41) is 6.87. The molecule has 0 bridgehead atoms. The van der Waals surface area contributed by atoms with Crippen molar-refractivity contribution in [1.29, 1.82) is 0 Å². The van der Waals surface area contributed by atoms with E-state index in [1.807, 2.05) is 0 Å². The third-order valence-corrected chi connectivity index (χ3v) is 4.66. The Morgan fingerprint density at radius 1 is 1.15 bits per heavy atom. The molecular weight excluding hydrogens is 378 g/mol. The number of thiazole rings is 1. The summed E-state index contributed by atoms with van der Waals surface area (Å²) in [6, 6.07) is 2.52. The Bertz CT molecular complexity index is 804. The van der Waals surface area contributed by atoms with Gasteiger partial charge < -0.3 is 10.1 Å². The van der Waals surface area contributed by atoms with E-state index in [0.29, 0.717) is 32.4 Å². The van der Waals surface area contributed by atoms with Crippen LogP contribution in [0, 0.1) is 11.6 Å². The Morgan fingerprint density at radius 3 is 2.56 bits per heavy atom. The average molecular weight is 396 g/mol. The van der Waals surface area contributed by atoms with Crippen molar-refractivity contribution in [2.24, 2.45) is 0 Å². The number of ether oxygens (including phenoxy) is 1. The highest BCUT2D eigenvalue weighted by molar-refractivity contribution is 7.14. The molecule has 1 aromatic carbocycles. The number of nitrogens with one attached hydrogen (secondary N) is 2. The third-order valence-electron chi connectivity index (χ3n) is 3.90. The highest BCUT2D eigenvalue weighted by atomic mass is 32.1. The number of halogens is 2. The lowest BCUT2D eigenvalue weighted by Crippen LogP contribution is -2.41. The van der Waals surface area contributed by atoms with Crippen molar-refractivity contribution >= 4 is 28.3 Å². The first-order valence-electron chi connectivity index (χ1n) is 8.32. The molecule has 3 rings (SSSR count). The zero-order valence-corrected chi connectivity index (χ0v) is 15.2. The Balaban J connectivity index is 1.51. The normalized spacial score (nSPS) is 14.7. The van der Waals surface area contributed by atoms with Crippen LogP contribution >= 0.6 is 11.3 Å². The number of carbonyl (C=O) groups is 2. The van der Waals surface area contributed by atoms with Crippen molar-refractivity contribution < 1.29 is 23.1 Å². The van der Waals surface area contributed by atoms with Gasteiger partial charge in [0.25, 0.3) is 11.8 Å². The molecule has 10 heteroatoms. The fourth-order valence-electron chi connectivity index (χ4n) is 2.53. The first-order chi connectivity index (χ1) is 13.0. The first-order valence-corrected chi connectivity index (χ1v) is 9.20. The van der Waals surface area contributed by atoms with Crippen molar-refractivity contribution in [1.82, 2.24) is 15.2 Å². The lowest BCUT2D eigenvalue weighted by Gasteiger charge is -2.26. The van der Waals surface area contributed by atoms with E-state index in [2.05, 4.69) is 20.5 Å². The lowest BCUT2D eigenvalue weighted by molar-refractivity contribution is 0.0383. The van der Waals surface area contributed by atoms with Gasteiger partial charge in [0.15, 0.2) is 5.13 Å². The molecule has 27 heavy (non-hydrogen) atoms. The van der Waals surface area contributed by atoms with Crippen LogP contribution in [0.3, 0.4) is 0 Å². The standard InChI is InChI=1S/C17H18F2N4O3S/c18-12-7-11(8-13(19)9-12)15(24)22-17-21-14(10-27-17)16(25)20-1-2-23-3-5-26-6-4-23/h7-10H,1-6H2,(H,20,25)(H,21,22,24). The van der Waals surface area contributed by atoms with Crippen LogP contribution in [0.15, 0.2) is 23.6 Å². The van der Waals surface area contributed by atoms with Gasteiger partial charge in [-0.3, -0.25) is 19.8 Å². The molecule has 2 aromatic rings. The molecule has 1 aromatic heterocycles. The summed E-state index contributed by atoms with van der Waals surface area (Å²) in [4.78, 5) is 30.4. The fraction of sp³-hybridized carbons (Fsp3) is 0.353. The smallest absolute Gasteiger partial charge is 0.270 e. The van der Waals surface area contributed by atoms with E-state index >= 15 is 0 Å². The molecule has 0 saturated carbocycles. The molecule has 1 aliphatic heterocycles. The Hall–Kier alpha value is -2.43. The van der Waals surface area contributed by atoms with Gasteiger partial charge in [-0.05, 0) is 12.1 Å². The fourth-order valence-corrected chi connectivity index (χ4v) is 3.22. The minimum atomic E-state index is -0.848. The van der Waals surface area contributed by atoms with E-state index in [1.54, 1.807) is 0 Å². The Kier molecular flexibility index (Phi) is 6.43. The van der Waals surface area contributed by atoms with Crippen LogP contribution < -0.4 is 10.6 Å². The first kappa shape index (κ1) is 19.3. The minimum absolute atomic E-state index is 0.167. The van der Waals surface area contributed by atoms with E-state index in [4.69, 9.17) is 4.74 Å². The predicted molar refractivity (Wildman–Crippen MR) is 96.0 cm³/mol. The van der Waals surface area contributed by atoms with Crippen LogP contribution in [0.4, 0.5) is 13.9 Å². The Labute approximate surface area is 158 Å². The number of amides is 2. The molecule has 1 fully saturated rings. The van der Waals surface area contributed by atoms with E-state index in [0.717, 1.165) is 36.6 Å². The van der Waals surface area contributed by atoms with Crippen molar-refractivity contribution in [3.8, 4) is 0 Å². The van der Waals surface area contributed by atoms with Gasteiger partial charge in [-0.15, -0.1) is 11.3 Å². The zero-order chi connectivity index (χ0) is 19.2. The Morgan fingerprint density at radius 2 is 1.85 bits per heavy atom. The zero-order valence-electron chi connectivity index (χ0n) is 14.3. The van der Waals surface area contributed by atoms with Gasteiger partial charge in [0.2, 0.25) is 0 Å². The summed E-state index contributed by atoms with van der Waals surface area (Å²) < 4.78 is 31.6. The molecule has 0 aliphatic carbocycles. The summed E-state index contributed by atoms with van der Waals surface area (Å²) >= 11 is 1.05. The molecule has 0 unspecified atom stereocenters. The third kappa shape index (κ3) is 5.52. The maximum Gasteiger partial charge on any atom is 0.270 e. The van der Waals surface area contributed by atoms with E-state index in [1.165, 1.54) is 5.38 Å². The minimum Gasteiger partial charge on any atom is -0.379 e. The molecule has 2 amide bonds. The molecule has 1 aliphatic rings. The number of hydrogen-bond donors (Lipinski definition) is 2. The second-order valence-corrected chi connectivity index (χ2v) is 6.72. The van der Waals surface area contributed by atoms with E-state index in [-0.39, 0.29) is 22.3 Å². The average Bonchev–Trinajstić information content (AvgIpc) is 3.10. The topological polar surface area (TPSA) is 83.6 Å². The molecule has 0 radical (unpaired) electrons. The number of nitrogens with zero attached hydrogens (tertiary/aromatic N) is 2. The van der Waals surface area contributed by atoms with Gasteiger partial charge >= 0.3 is 0 Å². The van der Waals surface area contributed by atoms with Crippen molar-refractivity contribution in [3.63, 3.8) is 0 Å². The summed E-state index contributed by atoms with van der Waals surface area (Å²) in [5.41, 5.74) is 0.00177. The number of aromatic nitrogens is 1. The number of benzene rings is 1. The monoisotopic (exact) mass is 396 g/mol. The molecular formula is C17H18F2N4O3S. The molecule has 7 nitrogen and oxygen atoms in total. The predicted octanol–water partition coefficient (Wildman–Crippen LogP) is 1.74. The molecule has 1 saturated heterocycles. The molecule has 0 atom stereocenters. The van der Waals surface area contributed by atoms with Gasteiger partial charge in [0.05, 0.1) is 13.2 Å². The van der Waals surface area contributed by atoms with Gasteiger partial charge in [0, 0.05) is 43.2 Å². The highest BCUT2D eigenvalue weighted by Crippen LogP contribution is 2.17. The van der Waals surface area contributed by atoms with Crippen molar-refractivity contribution in [3.05, 3.63) is 46.5 Å². The van der Waals surface area contributed by atoms with Crippen LogP contribution in [0.2, 0.25) is 0 Å². The van der Waals surface area contributed by atoms with Gasteiger partial charge in [-0.1, -0.05) is 0 Å². The largest absolute Gasteiger partial charge is 0.379 e. The van der Waals surface area contributed by atoms with Gasteiger partial charge in [0.1, 0.15) is 17.3 Å². The SMILES string of the molecule is O=C(Nc1nc(C(=O)NCCN2CCOCC2)cs1)c1cc(F)cc(F)c1. The second-order valence-electron chi connectivity index (χ2n) is 5.86. The van der Waals surface area contributed by atoms with Crippen LogP contribution in [0.1, 0.15) is 20.8 Å². The van der Waals surface area contributed by atoms with Crippen LogP contribution in [-0.4, -0.2) is 61.1 Å². The number of rotatable bonds is 6. The van der Waals surface area contributed by atoms with E-state index in [9.17, 15) is 18.4 Å². The lowest BCUT2D eigenvalue weighted by atomic mass is 10.2. The maximum atomic E-state index is 13.2. The van der Waals surface area contributed by atoms with Gasteiger partial charge in [-0.25, -0.2) is 13.8 Å². The summed E-state index contributed by atoms with van der Waals surface area (Å²) in [6.07, 6.45) is 0. The van der Waals surface area contributed by atoms with E-state index < -0.39 is 17.5 Å². The number of hydrogen-bond acceptors (Lipinski definition) is 6. The van der Waals surface area contributed by atoms with Crippen molar-refractivity contribution in [2.75, 3.05) is 44.7 Å². The highest BCUT2D eigenvalue weighted by Gasteiger charge is 2.15. The number of carbonyl (C=O) groups excluding carboxylic acids is 2. The van der Waals surface area contributed by atoms with Crippen LogP contribution in [0.25, 0.3) is 0 Å². The number of anilines is 1. The summed E-state index contributed by atoms with van der Waals surface area (Å²) in [5.74, 6) is -2.75. The van der Waals surface area contributed by atoms with Crippen LogP contribution in [0.5, 0.6) is 0 Å². The second kappa shape index (κ2) is 8.98. The molecule has 2 heterocycles. The van der Waals surface area contributed by atoms with Crippen molar-refractivity contribution in [2.45, 2.75) is 0 Å². The molecule has 2 N–H and O–H groups in total. The maximum absolute atomic E-state index is 13.2. The summed E-state index contributed by atoms with van der Waals surface area (Å²) in [6.45, 7) is 4.25. The molecule has 144 valence electrons. The van der Waals surface area contributed by atoms with Gasteiger partial charge in [-0.2, -0.15) is 0 Å². The summed E-state index contributed by atoms with van der Waals surface area (Å²) in [7, 11) is 0. The quantitative estimate of drug-likeness (QED) is 0.777. The number of morpholine rings is 1. The van der Waals surface area contributed by atoms with Crippen LogP contribution in [-0.2, 0) is 4.74 Å².